The van der Waals surface area contributed by atoms with E-state index in [0.29, 0.717) is 16.9 Å². The van der Waals surface area contributed by atoms with Crippen LogP contribution < -0.4 is 5.56 Å². The number of imidazole rings is 1. The number of rotatable bonds is 1. The fraction of sp³-hybridized carbons (Fsp3) is 0.125. The molecular formula is C16H13N5O. The Morgan fingerprint density at radius 3 is 2.73 bits per heavy atom. The number of para-hydroxylation sites is 1. The van der Waals surface area contributed by atoms with Gasteiger partial charge >= 0.3 is 0 Å². The summed E-state index contributed by atoms with van der Waals surface area (Å²) >= 11 is 0. The van der Waals surface area contributed by atoms with Crippen molar-refractivity contribution >= 4 is 16.9 Å². The van der Waals surface area contributed by atoms with E-state index in [4.69, 9.17) is 0 Å². The van der Waals surface area contributed by atoms with Crippen molar-refractivity contribution < 1.29 is 0 Å². The smallest absolute Gasteiger partial charge is 0.285 e. The van der Waals surface area contributed by atoms with E-state index < -0.39 is 0 Å². The lowest BCUT2D eigenvalue weighted by Gasteiger charge is -2.07. The van der Waals surface area contributed by atoms with Crippen molar-refractivity contribution in [2.45, 2.75) is 13.8 Å². The second-order valence-electron chi connectivity index (χ2n) is 5.29. The van der Waals surface area contributed by atoms with Crippen LogP contribution in [0.5, 0.6) is 0 Å². The van der Waals surface area contributed by atoms with Gasteiger partial charge in [-0.3, -0.25) is 9.36 Å². The molecule has 0 aliphatic heterocycles. The van der Waals surface area contributed by atoms with Gasteiger partial charge < -0.3 is 0 Å². The van der Waals surface area contributed by atoms with Crippen molar-refractivity contribution in [3.63, 3.8) is 0 Å². The molecule has 0 spiro atoms. The molecule has 0 saturated carbocycles. The molecule has 0 bridgehead atoms. The zero-order valence-corrected chi connectivity index (χ0v) is 12.2. The zero-order chi connectivity index (χ0) is 15.3. The van der Waals surface area contributed by atoms with Crippen LogP contribution in [-0.2, 0) is 0 Å². The fourth-order valence-corrected chi connectivity index (χ4v) is 2.59. The highest BCUT2D eigenvalue weighted by molar-refractivity contribution is 5.74. The predicted molar refractivity (Wildman–Crippen MR) is 83.4 cm³/mol. The van der Waals surface area contributed by atoms with Gasteiger partial charge in [0, 0.05) is 12.4 Å². The van der Waals surface area contributed by atoms with E-state index in [1.807, 2.05) is 38.1 Å². The minimum absolute atomic E-state index is 0.169. The lowest BCUT2D eigenvalue weighted by atomic mass is 10.2. The first-order valence-corrected chi connectivity index (χ1v) is 6.93. The Labute approximate surface area is 125 Å². The summed E-state index contributed by atoms with van der Waals surface area (Å²) in [5.74, 6) is 0.359. The third kappa shape index (κ3) is 1.74. The quantitative estimate of drug-likeness (QED) is 0.538. The van der Waals surface area contributed by atoms with E-state index in [1.165, 1.54) is 4.40 Å². The largest absolute Gasteiger partial charge is 0.292 e. The second kappa shape index (κ2) is 4.49. The Morgan fingerprint density at radius 2 is 1.91 bits per heavy atom. The SMILES string of the molecule is Cc1cnc2nc3ncn(-c4ccccc4C)c3c(=O)n2c1. The highest BCUT2D eigenvalue weighted by atomic mass is 16.1. The summed E-state index contributed by atoms with van der Waals surface area (Å²) in [7, 11) is 0. The van der Waals surface area contributed by atoms with Crippen LogP contribution in [0.4, 0.5) is 0 Å². The average molecular weight is 291 g/mol. The molecule has 0 aliphatic rings. The monoisotopic (exact) mass is 291 g/mol. The zero-order valence-electron chi connectivity index (χ0n) is 12.2. The number of nitrogens with zero attached hydrogens (tertiary/aromatic N) is 5. The van der Waals surface area contributed by atoms with Gasteiger partial charge in [-0.15, -0.1) is 0 Å². The minimum atomic E-state index is -0.169. The van der Waals surface area contributed by atoms with Crippen LogP contribution in [0.15, 0.2) is 47.8 Å². The number of benzene rings is 1. The number of hydrogen-bond donors (Lipinski definition) is 0. The van der Waals surface area contributed by atoms with E-state index in [9.17, 15) is 4.79 Å². The van der Waals surface area contributed by atoms with Crippen molar-refractivity contribution in [1.82, 2.24) is 23.9 Å². The first kappa shape index (κ1) is 12.7. The molecule has 22 heavy (non-hydrogen) atoms. The molecule has 0 radical (unpaired) electrons. The topological polar surface area (TPSA) is 65.1 Å². The average Bonchev–Trinajstić information content (AvgIpc) is 2.93. The standard InChI is InChI=1S/C16H13N5O/c1-10-7-17-16-19-14-13(15(22)20(16)8-10)21(9-18-14)12-6-4-3-5-11(12)2/h3-9H,1-2H3. The lowest BCUT2D eigenvalue weighted by Crippen LogP contribution is -2.18. The van der Waals surface area contributed by atoms with Gasteiger partial charge in [-0.2, -0.15) is 4.98 Å². The van der Waals surface area contributed by atoms with Crippen LogP contribution in [0.3, 0.4) is 0 Å². The molecule has 0 N–H and O–H groups in total. The van der Waals surface area contributed by atoms with E-state index in [-0.39, 0.29) is 5.56 Å². The maximum atomic E-state index is 12.8. The van der Waals surface area contributed by atoms with Gasteiger partial charge in [0.2, 0.25) is 5.78 Å². The van der Waals surface area contributed by atoms with Crippen LogP contribution in [0.1, 0.15) is 11.1 Å². The summed E-state index contributed by atoms with van der Waals surface area (Å²) in [4.78, 5) is 25.7. The van der Waals surface area contributed by atoms with Crippen LogP contribution in [0.25, 0.3) is 22.6 Å². The molecule has 3 heterocycles. The summed E-state index contributed by atoms with van der Waals surface area (Å²) in [6, 6.07) is 7.86. The lowest BCUT2D eigenvalue weighted by molar-refractivity contribution is 0.985. The molecule has 1 aromatic carbocycles. The van der Waals surface area contributed by atoms with E-state index in [0.717, 1.165) is 16.8 Å². The molecule has 6 heteroatoms. The van der Waals surface area contributed by atoms with Crippen molar-refractivity contribution in [3.8, 4) is 5.69 Å². The molecule has 4 aromatic rings. The molecule has 0 aliphatic carbocycles. The van der Waals surface area contributed by atoms with E-state index in [1.54, 1.807) is 23.3 Å². The van der Waals surface area contributed by atoms with Crippen LogP contribution in [0.2, 0.25) is 0 Å². The Bertz CT molecular complexity index is 1080. The maximum absolute atomic E-state index is 12.8. The Kier molecular flexibility index (Phi) is 2.59. The fourth-order valence-electron chi connectivity index (χ4n) is 2.59. The van der Waals surface area contributed by atoms with Gasteiger partial charge in [0.1, 0.15) is 6.33 Å². The third-order valence-corrected chi connectivity index (χ3v) is 3.68. The van der Waals surface area contributed by atoms with Crippen molar-refractivity contribution in [1.29, 1.82) is 0 Å². The van der Waals surface area contributed by atoms with Crippen LogP contribution >= 0.6 is 0 Å². The van der Waals surface area contributed by atoms with E-state index >= 15 is 0 Å². The number of aromatic nitrogens is 5. The van der Waals surface area contributed by atoms with Gasteiger partial charge in [-0.05, 0) is 31.0 Å². The number of fused-ring (bicyclic) bond motifs is 2. The number of aryl methyl sites for hydroxylation is 2. The maximum Gasteiger partial charge on any atom is 0.285 e. The van der Waals surface area contributed by atoms with Crippen molar-refractivity contribution in [2.75, 3.05) is 0 Å². The molecule has 0 atom stereocenters. The van der Waals surface area contributed by atoms with Crippen LogP contribution in [0, 0.1) is 13.8 Å². The second-order valence-corrected chi connectivity index (χ2v) is 5.29. The van der Waals surface area contributed by atoms with E-state index in [2.05, 4.69) is 15.0 Å². The highest BCUT2D eigenvalue weighted by Crippen LogP contribution is 2.17. The third-order valence-electron chi connectivity index (χ3n) is 3.68. The van der Waals surface area contributed by atoms with Crippen molar-refractivity contribution in [2.24, 2.45) is 0 Å². The molecule has 6 nitrogen and oxygen atoms in total. The minimum Gasteiger partial charge on any atom is -0.292 e. The molecule has 0 unspecified atom stereocenters. The molecule has 4 rings (SSSR count). The molecule has 0 saturated heterocycles. The molecule has 0 fully saturated rings. The molecule has 3 aromatic heterocycles. The first-order valence-electron chi connectivity index (χ1n) is 6.93. The Hall–Kier alpha value is -3.02. The predicted octanol–water partition coefficient (Wildman–Crippen LogP) is 2.05. The highest BCUT2D eigenvalue weighted by Gasteiger charge is 2.14. The number of hydrogen-bond acceptors (Lipinski definition) is 4. The van der Waals surface area contributed by atoms with Gasteiger partial charge in [0.25, 0.3) is 5.56 Å². The summed E-state index contributed by atoms with van der Waals surface area (Å²) in [6.07, 6.45) is 5.06. The Morgan fingerprint density at radius 1 is 1.09 bits per heavy atom. The summed E-state index contributed by atoms with van der Waals surface area (Å²) in [6.45, 7) is 3.89. The van der Waals surface area contributed by atoms with Crippen molar-refractivity contribution in [3.05, 3.63) is 64.5 Å². The Balaban J connectivity index is 2.15. The molecule has 0 amide bonds. The van der Waals surface area contributed by atoms with Gasteiger partial charge in [0.15, 0.2) is 11.2 Å². The first-order chi connectivity index (χ1) is 10.6. The molecule has 108 valence electrons. The summed E-state index contributed by atoms with van der Waals surface area (Å²) < 4.78 is 3.25. The summed E-state index contributed by atoms with van der Waals surface area (Å²) in [5.41, 5.74) is 3.58. The normalized spacial score (nSPS) is 11.4. The molecular weight excluding hydrogens is 278 g/mol. The summed E-state index contributed by atoms with van der Waals surface area (Å²) in [5, 5.41) is 0. The van der Waals surface area contributed by atoms with Gasteiger partial charge in [-0.1, -0.05) is 18.2 Å². The van der Waals surface area contributed by atoms with Gasteiger partial charge in [-0.25, -0.2) is 14.4 Å². The van der Waals surface area contributed by atoms with Gasteiger partial charge in [0.05, 0.1) is 5.69 Å². The van der Waals surface area contributed by atoms with Crippen LogP contribution in [-0.4, -0.2) is 23.9 Å².